The number of ether oxygens (including phenoxy) is 2. The summed E-state index contributed by atoms with van der Waals surface area (Å²) < 4.78 is 9.85. The molecular formula is C11H16N2O5. The molecule has 7 nitrogen and oxygen atoms in total. The van der Waals surface area contributed by atoms with E-state index in [9.17, 15) is 10.1 Å². The van der Waals surface area contributed by atoms with Gasteiger partial charge in [-0.1, -0.05) is 6.07 Å². The number of benzene rings is 1. The maximum absolute atomic E-state index is 11.0. The normalized spacial score (nSPS) is 11.9. The Bertz CT molecular complexity index is 410. The molecule has 0 aliphatic rings. The molecule has 1 rings (SSSR count). The minimum Gasteiger partial charge on any atom is -0.490 e. The number of hydrogen-bond donors (Lipinski definition) is 2. The Morgan fingerprint density at radius 3 is 2.72 bits per heavy atom. The summed E-state index contributed by atoms with van der Waals surface area (Å²) in [6.45, 7) is 0.0487. The number of hydrogen-bond acceptors (Lipinski definition) is 6. The number of nitrogens with one attached hydrogen (secondary N) is 1. The number of methoxy groups -OCH3 is 2. The third kappa shape index (κ3) is 3.31. The molecule has 0 aromatic heterocycles. The molecule has 1 atom stereocenters. The van der Waals surface area contributed by atoms with Gasteiger partial charge in [0.25, 0.3) is 0 Å². The quantitative estimate of drug-likeness (QED) is 0.559. The maximum atomic E-state index is 11.0. The largest absolute Gasteiger partial charge is 0.490 e. The number of nitrogens with zero attached hydrogens (tertiary/aromatic N) is 1. The second-order valence-electron chi connectivity index (χ2n) is 3.59. The maximum Gasteiger partial charge on any atom is 0.333 e. The molecule has 0 fully saturated rings. The fraction of sp³-hybridized carbons (Fsp3) is 0.455. The minimum absolute atomic E-state index is 0.158. The van der Waals surface area contributed by atoms with Crippen LogP contribution in [0.3, 0.4) is 0 Å². The van der Waals surface area contributed by atoms with Crippen LogP contribution in [0.5, 0.6) is 5.75 Å². The minimum atomic E-state index is -0.525. The number of nitro benzene ring substituents is 1. The predicted octanol–water partition coefficient (Wildman–Crippen LogP) is 1.02. The highest BCUT2D eigenvalue weighted by Gasteiger charge is 2.22. The Hall–Kier alpha value is -1.86. The van der Waals surface area contributed by atoms with Crippen LogP contribution >= 0.6 is 0 Å². The van der Waals surface area contributed by atoms with Gasteiger partial charge in [-0.05, 0) is 12.1 Å². The van der Waals surface area contributed by atoms with Gasteiger partial charge < -0.3 is 19.9 Å². The Balaban J connectivity index is 3.03. The SMILES string of the molecule is COCC(CO)Nc1cccc(OC)c1[N+](=O)[O-]. The van der Waals surface area contributed by atoms with Crippen molar-refractivity contribution in [2.24, 2.45) is 0 Å². The average molecular weight is 256 g/mol. The third-order valence-electron chi connectivity index (χ3n) is 2.35. The first-order valence-corrected chi connectivity index (χ1v) is 5.31. The van der Waals surface area contributed by atoms with Crippen molar-refractivity contribution >= 4 is 11.4 Å². The van der Waals surface area contributed by atoms with Crippen molar-refractivity contribution in [1.82, 2.24) is 0 Å². The summed E-state index contributed by atoms with van der Waals surface area (Å²) >= 11 is 0. The third-order valence-corrected chi connectivity index (χ3v) is 2.35. The summed E-state index contributed by atoms with van der Waals surface area (Å²) in [6.07, 6.45) is 0. The molecule has 7 heteroatoms. The first kappa shape index (κ1) is 14.2. The lowest BCUT2D eigenvalue weighted by molar-refractivity contribution is -0.384. The summed E-state index contributed by atoms with van der Waals surface area (Å²) in [7, 11) is 2.86. The molecule has 18 heavy (non-hydrogen) atoms. The standard InChI is InChI=1S/C11H16N2O5/c1-17-7-8(6-14)12-9-4-3-5-10(18-2)11(9)13(15)16/h3-5,8,12,14H,6-7H2,1-2H3. The van der Waals surface area contributed by atoms with Crippen LogP contribution in [-0.4, -0.2) is 43.5 Å². The van der Waals surface area contributed by atoms with E-state index < -0.39 is 11.0 Å². The van der Waals surface area contributed by atoms with Gasteiger partial charge in [0.05, 0.1) is 31.3 Å². The van der Waals surface area contributed by atoms with Crippen LogP contribution in [-0.2, 0) is 4.74 Å². The van der Waals surface area contributed by atoms with Crippen LogP contribution in [0.1, 0.15) is 0 Å². The van der Waals surface area contributed by atoms with Crippen molar-refractivity contribution in [2.45, 2.75) is 6.04 Å². The van der Waals surface area contributed by atoms with Crippen LogP contribution in [0.15, 0.2) is 18.2 Å². The first-order chi connectivity index (χ1) is 8.63. The molecule has 0 bridgehead atoms. The van der Waals surface area contributed by atoms with Gasteiger partial charge in [0.2, 0.25) is 0 Å². The van der Waals surface area contributed by atoms with Gasteiger partial charge in [0.1, 0.15) is 5.69 Å². The van der Waals surface area contributed by atoms with Crippen LogP contribution in [0, 0.1) is 10.1 Å². The summed E-state index contributed by atoms with van der Waals surface area (Å²) in [5, 5.41) is 23.0. The van der Waals surface area contributed by atoms with Crippen LogP contribution in [0.25, 0.3) is 0 Å². The zero-order valence-corrected chi connectivity index (χ0v) is 10.3. The number of anilines is 1. The fourth-order valence-electron chi connectivity index (χ4n) is 1.55. The molecule has 0 aliphatic carbocycles. The van der Waals surface area contributed by atoms with E-state index in [1.807, 2.05) is 0 Å². The van der Waals surface area contributed by atoms with Crippen LogP contribution in [0.4, 0.5) is 11.4 Å². The molecule has 0 heterocycles. The topological polar surface area (TPSA) is 93.9 Å². The van der Waals surface area contributed by atoms with E-state index in [1.54, 1.807) is 12.1 Å². The van der Waals surface area contributed by atoms with E-state index in [0.29, 0.717) is 0 Å². The van der Waals surface area contributed by atoms with E-state index >= 15 is 0 Å². The molecule has 1 aromatic carbocycles. The number of aliphatic hydroxyl groups is 1. The van der Waals surface area contributed by atoms with Gasteiger partial charge in [0, 0.05) is 7.11 Å². The molecule has 1 aromatic rings. The Morgan fingerprint density at radius 1 is 1.50 bits per heavy atom. The summed E-state index contributed by atoms with van der Waals surface area (Å²) in [6, 6.07) is 4.28. The van der Waals surface area contributed by atoms with Gasteiger partial charge in [0.15, 0.2) is 5.75 Å². The number of aliphatic hydroxyl groups excluding tert-OH is 1. The number of para-hydroxylation sites is 1. The Labute approximate surface area is 104 Å². The lowest BCUT2D eigenvalue weighted by Gasteiger charge is -2.17. The molecule has 2 N–H and O–H groups in total. The number of rotatable bonds is 7. The monoisotopic (exact) mass is 256 g/mol. The average Bonchev–Trinajstić information content (AvgIpc) is 2.37. The van der Waals surface area contributed by atoms with Crippen molar-refractivity contribution in [1.29, 1.82) is 0 Å². The second-order valence-corrected chi connectivity index (χ2v) is 3.59. The van der Waals surface area contributed by atoms with E-state index in [-0.39, 0.29) is 30.3 Å². The molecule has 0 aliphatic heterocycles. The highest BCUT2D eigenvalue weighted by molar-refractivity contribution is 5.68. The molecule has 1 unspecified atom stereocenters. The van der Waals surface area contributed by atoms with Gasteiger partial charge in [-0.25, -0.2) is 0 Å². The molecule has 0 saturated carbocycles. The lowest BCUT2D eigenvalue weighted by atomic mass is 10.2. The van der Waals surface area contributed by atoms with E-state index in [4.69, 9.17) is 14.6 Å². The predicted molar refractivity (Wildman–Crippen MR) is 66.0 cm³/mol. The van der Waals surface area contributed by atoms with Crippen molar-refractivity contribution in [3.05, 3.63) is 28.3 Å². The van der Waals surface area contributed by atoms with Crippen molar-refractivity contribution in [3.63, 3.8) is 0 Å². The van der Waals surface area contributed by atoms with E-state index in [2.05, 4.69) is 5.32 Å². The van der Waals surface area contributed by atoms with Gasteiger partial charge in [-0.3, -0.25) is 10.1 Å². The van der Waals surface area contributed by atoms with Crippen LogP contribution < -0.4 is 10.1 Å². The number of nitro groups is 1. The Kier molecular flexibility index (Phi) is 5.34. The summed E-state index contributed by atoms with van der Waals surface area (Å²) in [5.74, 6) is 0.166. The van der Waals surface area contributed by atoms with Crippen molar-refractivity contribution < 1.29 is 19.5 Å². The first-order valence-electron chi connectivity index (χ1n) is 5.31. The Morgan fingerprint density at radius 2 is 2.22 bits per heavy atom. The van der Waals surface area contributed by atoms with Gasteiger partial charge in [-0.15, -0.1) is 0 Å². The zero-order chi connectivity index (χ0) is 13.5. The summed E-state index contributed by atoms with van der Waals surface area (Å²) in [5.41, 5.74) is 0.130. The van der Waals surface area contributed by atoms with Gasteiger partial charge in [-0.2, -0.15) is 0 Å². The molecule has 0 amide bonds. The van der Waals surface area contributed by atoms with E-state index in [0.717, 1.165) is 0 Å². The van der Waals surface area contributed by atoms with Crippen LogP contribution in [0.2, 0.25) is 0 Å². The molecule has 0 saturated heterocycles. The highest BCUT2D eigenvalue weighted by atomic mass is 16.6. The second kappa shape index (κ2) is 6.77. The van der Waals surface area contributed by atoms with Crippen molar-refractivity contribution in [2.75, 3.05) is 32.8 Å². The molecule has 0 spiro atoms. The smallest absolute Gasteiger partial charge is 0.333 e. The highest BCUT2D eigenvalue weighted by Crippen LogP contribution is 2.34. The zero-order valence-electron chi connectivity index (χ0n) is 10.3. The molecule has 100 valence electrons. The summed E-state index contributed by atoms with van der Waals surface area (Å²) in [4.78, 5) is 10.5. The van der Waals surface area contributed by atoms with E-state index in [1.165, 1.54) is 20.3 Å². The van der Waals surface area contributed by atoms with Gasteiger partial charge >= 0.3 is 5.69 Å². The fourth-order valence-corrected chi connectivity index (χ4v) is 1.55. The molecule has 0 radical (unpaired) electrons. The van der Waals surface area contributed by atoms with Crippen molar-refractivity contribution in [3.8, 4) is 5.75 Å². The lowest BCUT2D eigenvalue weighted by Crippen LogP contribution is -2.29. The molecular weight excluding hydrogens is 240 g/mol.